The van der Waals surface area contributed by atoms with Crippen molar-refractivity contribution in [3.8, 4) is 5.75 Å². The lowest BCUT2D eigenvalue weighted by Crippen LogP contribution is -2.14. The lowest BCUT2D eigenvalue weighted by atomic mass is 9.86. The molecule has 6 nitrogen and oxygen atoms in total. The fraction of sp³-hybridized carbons (Fsp3) is 0.471. The van der Waals surface area contributed by atoms with E-state index in [4.69, 9.17) is 9.84 Å². The number of nitrogens with zero attached hydrogens (tertiary/aromatic N) is 3. The summed E-state index contributed by atoms with van der Waals surface area (Å²) < 4.78 is 7.86. The Bertz CT molecular complexity index is 707. The molecule has 0 saturated heterocycles. The van der Waals surface area contributed by atoms with Gasteiger partial charge in [0.2, 0.25) is 0 Å². The van der Waals surface area contributed by atoms with Gasteiger partial charge in [-0.2, -0.15) is 0 Å². The van der Waals surface area contributed by atoms with Crippen LogP contribution in [-0.2, 0) is 23.4 Å². The van der Waals surface area contributed by atoms with E-state index in [0.717, 1.165) is 23.1 Å². The first kappa shape index (κ1) is 18.3. The smallest absolute Gasteiger partial charge is 0.313 e. The van der Waals surface area contributed by atoms with Crippen LogP contribution in [0.1, 0.15) is 39.1 Å². The molecular weight excluding hydrogens is 326 g/mol. The Hall–Kier alpha value is -2.02. The number of carboxylic acids is 1. The highest BCUT2D eigenvalue weighted by Gasteiger charge is 2.19. The van der Waals surface area contributed by atoms with Crippen molar-refractivity contribution < 1.29 is 14.6 Å². The van der Waals surface area contributed by atoms with Crippen LogP contribution in [-0.4, -0.2) is 31.6 Å². The van der Waals surface area contributed by atoms with Crippen molar-refractivity contribution in [2.45, 2.75) is 51.4 Å². The molecule has 0 aliphatic carbocycles. The fourth-order valence-electron chi connectivity index (χ4n) is 2.33. The quantitative estimate of drug-likeness (QED) is 0.773. The molecule has 0 aliphatic rings. The number of hydrogen-bond acceptors (Lipinski definition) is 5. The highest BCUT2D eigenvalue weighted by molar-refractivity contribution is 7.99. The van der Waals surface area contributed by atoms with Crippen LogP contribution in [0.4, 0.5) is 0 Å². The lowest BCUT2D eigenvalue weighted by molar-refractivity contribution is -0.133. The Morgan fingerprint density at radius 2 is 2.00 bits per heavy atom. The summed E-state index contributed by atoms with van der Waals surface area (Å²) in [5.41, 5.74) is 1.12. The number of carboxylic acid groups (broad SMARTS) is 1. The molecule has 0 radical (unpaired) electrons. The molecule has 1 heterocycles. The maximum atomic E-state index is 10.7. The number of aromatic nitrogens is 3. The van der Waals surface area contributed by atoms with E-state index in [2.05, 4.69) is 37.0 Å². The summed E-state index contributed by atoms with van der Waals surface area (Å²) in [6.45, 7) is 9.36. The molecule has 0 fully saturated rings. The van der Waals surface area contributed by atoms with E-state index in [0.29, 0.717) is 24.1 Å². The summed E-state index contributed by atoms with van der Waals surface area (Å²) in [6, 6.07) is 7.97. The first-order valence-electron chi connectivity index (χ1n) is 7.82. The molecule has 0 atom stereocenters. The molecule has 0 unspecified atom stereocenters. The van der Waals surface area contributed by atoms with Gasteiger partial charge in [-0.15, -0.1) is 10.2 Å². The number of hydrogen-bond donors (Lipinski definition) is 1. The number of para-hydroxylation sites is 1. The minimum Gasteiger partial charge on any atom is -0.485 e. The molecular formula is C17H23N3O3S. The zero-order valence-electron chi connectivity index (χ0n) is 14.4. The Morgan fingerprint density at radius 3 is 2.62 bits per heavy atom. The third kappa shape index (κ3) is 4.50. The van der Waals surface area contributed by atoms with Gasteiger partial charge >= 0.3 is 5.97 Å². The highest BCUT2D eigenvalue weighted by atomic mass is 32.2. The lowest BCUT2D eigenvalue weighted by Gasteiger charge is -2.22. The molecule has 0 bridgehead atoms. The van der Waals surface area contributed by atoms with E-state index >= 15 is 0 Å². The molecule has 0 aliphatic heterocycles. The SMILES string of the molecule is CCn1c(COc2ccccc2C(C)(C)C)nnc1SCC(=O)O. The van der Waals surface area contributed by atoms with Crippen molar-refractivity contribution in [1.82, 2.24) is 14.8 Å². The normalized spacial score (nSPS) is 11.5. The van der Waals surface area contributed by atoms with Crippen molar-refractivity contribution in [1.29, 1.82) is 0 Å². The molecule has 1 N–H and O–H groups in total. The van der Waals surface area contributed by atoms with Gasteiger partial charge in [0.1, 0.15) is 12.4 Å². The predicted octanol–water partition coefficient (Wildman–Crippen LogP) is 3.35. The van der Waals surface area contributed by atoms with E-state index in [9.17, 15) is 4.79 Å². The summed E-state index contributed by atoms with van der Waals surface area (Å²) in [5.74, 6) is 0.610. The van der Waals surface area contributed by atoms with Gasteiger partial charge in [-0.1, -0.05) is 50.7 Å². The van der Waals surface area contributed by atoms with Crippen molar-refractivity contribution >= 4 is 17.7 Å². The molecule has 7 heteroatoms. The molecule has 0 saturated carbocycles. The Morgan fingerprint density at radius 1 is 1.29 bits per heavy atom. The van der Waals surface area contributed by atoms with Crippen molar-refractivity contribution in [2.75, 3.05) is 5.75 Å². The van der Waals surface area contributed by atoms with Gasteiger partial charge in [0.15, 0.2) is 11.0 Å². The van der Waals surface area contributed by atoms with Crippen molar-refractivity contribution in [2.24, 2.45) is 0 Å². The molecule has 1 aromatic heterocycles. The molecule has 24 heavy (non-hydrogen) atoms. The van der Waals surface area contributed by atoms with E-state index in [1.54, 1.807) is 0 Å². The average molecular weight is 349 g/mol. The topological polar surface area (TPSA) is 77.2 Å². The van der Waals surface area contributed by atoms with Crippen LogP contribution in [0.25, 0.3) is 0 Å². The highest BCUT2D eigenvalue weighted by Crippen LogP contribution is 2.31. The standard InChI is InChI=1S/C17H23N3O3S/c1-5-20-14(18-19-16(20)24-11-15(21)22)10-23-13-9-7-6-8-12(13)17(2,3)4/h6-9H,5,10-11H2,1-4H3,(H,21,22). The van der Waals surface area contributed by atoms with Gasteiger partial charge in [-0.25, -0.2) is 0 Å². The minimum absolute atomic E-state index is 0.0163. The van der Waals surface area contributed by atoms with Gasteiger partial charge in [0.05, 0.1) is 5.75 Å². The zero-order valence-corrected chi connectivity index (χ0v) is 15.3. The van der Waals surface area contributed by atoms with Gasteiger partial charge in [0, 0.05) is 6.54 Å². The monoisotopic (exact) mass is 349 g/mol. The van der Waals surface area contributed by atoms with Gasteiger partial charge in [0.25, 0.3) is 0 Å². The van der Waals surface area contributed by atoms with Crippen molar-refractivity contribution in [3.05, 3.63) is 35.7 Å². The Labute approximate surface area is 146 Å². The molecule has 130 valence electrons. The van der Waals surface area contributed by atoms with E-state index < -0.39 is 5.97 Å². The maximum Gasteiger partial charge on any atom is 0.313 e. The summed E-state index contributed by atoms with van der Waals surface area (Å²) >= 11 is 1.16. The van der Waals surface area contributed by atoms with Gasteiger partial charge in [-0.3, -0.25) is 4.79 Å². The second-order valence-electron chi connectivity index (χ2n) is 6.36. The second-order valence-corrected chi connectivity index (χ2v) is 7.30. The molecule has 0 amide bonds. The third-order valence-corrected chi connectivity index (χ3v) is 4.44. The largest absolute Gasteiger partial charge is 0.485 e. The second kappa shape index (κ2) is 7.70. The van der Waals surface area contributed by atoms with Crippen LogP contribution in [0.3, 0.4) is 0 Å². The minimum atomic E-state index is -0.873. The summed E-state index contributed by atoms with van der Waals surface area (Å²) in [7, 11) is 0. The van der Waals surface area contributed by atoms with E-state index in [1.807, 2.05) is 29.7 Å². The summed E-state index contributed by atoms with van der Waals surface area (Å²) in [5, 5.41) is 17.6. The molecule has 2 rings (SSSR count). The Kier molecular flexibility index (Phi) is 5.88. The van der Waals surface area contributed by atoms with E-state index in [1.165, 1.54) is 0 Å². The average Bonchev–Trinajstić information content (AvgIpc) is 2.92. The fourth-order valence-corrected chi connectivity index (χ4v) is 3.07. The molecule has 1 aromatic carbocycles. The number of ether oxygens (including phenoxy) is 1. The zero-order chi connectivity index (χ0) is 17.7. The van der Waals surface area contributed by atoms with Crippen LogP contribution in [0, 0.1) is 0 Å². The number of benzene rings is 1. The first-order valence-corrected chi connectivity index (χ1v) is 8.80. The predicted molar refractivity (Wildman–Crippen MR) is 93.5 cm³/mol. The number of rotatable bonds is 7. The summed E-state index contributed by atoms with van der Waals surface area (Å²) in [6.07, 6.45) is 0. The number of carbonyl (C=O) groups is 1. The van der Waals surface area contributed by atoms with Gasteiger partial charge < -0.3 is 14.4 Å². The molecule has 0 spiro atoms. The number of aliphatic carboxylic acids is 1. The third-order valence-electron chi connectivity index (χ3n) is 3.49. The van der Waals surface area contributed by atoms with Crippen LogP contribution in [0.15, 0.2) is 29.4 Å². The summed E-state index contributed by atoms with van der Waals surface area (Å²) in [4.78, 5) is 10.7. The molecule has 2 aromatic rings. The van der Waals surface area contributed by atoms with Crippen molar-refractivity contribution in [3.63, 3.8) is 0 Å². The first-order chi connectivity index (χ1) is 11.3. The van der Waals surface area contributed by atoms with Crippen LogP contribution in [0.5, 0.6) is 5.75 Å². The van der Waals surface area contributed by atoms with Crippen LogP contribution in [0.2, 0.25) is 0 Å². The van der Waals surface area contributed by atoms with E-state index in [-0.39, 0.29) is 11.2 Å². The van der Waals surface area contributed by atoms with Crippen LogP contribution < -0.4 is 4.74 Å². The van der Waals surface area contributed by atoms with Crippen LogP contribution >= 0.6 is 11.8 Å². The Balaban J connectivity index is 2.14. The number of thioether (sulfide) groups is 1. The van der Waals surface area contributed by atoms with Gasteiger partial charge in [-0.05, 0) is 24.0 Å². The maximum absolute atomic E-state index is 10.7.